The van der Waals surface area contributed by atoms with Gasteiger partial charge in [0, 0.05) is 12.2 Å². The highest BCUT2D eigenvalue weighted by Crippen LogP contribution is 2.17. The van der Waals surface area contributed by atoms with Crippen molar-refractivity contribution in [2.75, 3.05) is 5.32 Å². The SMILES string of the molecule is CCc1ccccc1CNc1ccc(F)c(C(N)=O)c1. The van der Waals surface area contributed by atoms with Crippen molar-refractivity contribution in [2.24, 2.45) is 5.73 Å². The van der Waals surface area contributed by atoms with E-state index >= 15 is 0 Å². The maximum Gasteiger partial charge on any atom is 0.251 e. The Kier molecular flexibility index (Phi) is 4.35. The molecule has 104 valence electrons. The molecule has 0 aliphatic carbocycles. The Bertz CT molecular complexity index is 626. The second-order valence-corrected chi connectivity index (χ2v) is 4.53. The normalized spacial score (nSPS) is 10.3. The summed E-state index contributed by atoms with van der Waals surface area (Å²) in [5.41, 5.74) is 8.15. The van der Waals surface area contributed by atoms with Gasteiger partial charge in [-0.25, -0.2) is 4.39 Å². The molecule has 2 aromatic carbocycles. The fourth-order valence-corrected chi connectivity index (χ4v) is 2.10. The fourth-order valence-electron chi connectivity index (χ4n) is 2.10. The minimum absolute atomic E-state index is 0.0984. The molecule has 0 saturated heterocycles. The molecule has 0 aliphatic rings. The monoisotopic (exact) mass is 272 g/mol. The Morgan fingerprint density at radius 1 is 1.20 bits per heavy atom. The Morgan fingerprint density at radius 2 is 1.90 bits per heavy atom. The van der Waals surface area contributed by atoms with Gasteiger partial charge in [0.05, 0.1) is 5.56 Å². The quantitative estimate of drug-likeness (QED) is 0.878. The van der Waals surface area contributed by atoms with Gasteiger partial charge in [0.2, 0.25) is 0 Å². The largest absolute Gasteiger partial charge is 0.381 e. The number of halogens is 1. The first-order valence-corrected chi connectivity index (χ1v) is 6.51. The van der Waals surface area contributed by atoms with Crippen LogP contribution in [-0.4, -0.2) is 5.91 Å². The summed E-state index contributed by atoms with van der Waals surface area (Å²) in [7, 11) is 0. The third-order valence-corrected chi connectivity index (χ3v) is 3.21. The molecule has 0 atom stereocenters. The number of amides is 1. The molecular formula is C16H17FN2O. The summed E-state index contributed by atoms with van der Waals surface area (Å²) in [6.45, 7) is 2.72. The third-order valence-electron chi connectivity index (χ3n) is 3.21. The minimum Gasteiger partial charge on any atom is -0.381 e. The molecule has 0 heterocycles. The molecule has 0 bridgehead atoms. The van der Waals surface area contributed by atoms with Gasteiger partial charge in [-0.1, -0.05) is 31.2 Å². The summed E-state index contributed by atoms with van der Waals surface area (Å²) < 4.78 is 13.4. The van der Waals surface area contributed by atoms with Crippen LogP contribution in [-0.2, 0) is 13.0 Å². The van der Waals surface area contributed by atoms with Crippen LogP contribution in [0.4, 0.5) is 10.1 Å². The molecule has 0 aromatic heterocycles. The molecule has 20 heavy (non-hydrogen) atoms. The number of rotatable bonds is 5. The lowest BCUT2D eigenvalue weighted by atomic mass is 10.1. The molecule has 1 amide bonds. The van der Waals surface area contributed by atoms with E-state index in [9.17, 15) is 9.18 Å². The van der Waals surface area contributed by atoms with E-state index in [1.54, 1.807) is 6.07 Å². The first kappa shape index (κ1) is 14.1. The van der Waals surface area contributed by atoms with Crippen molar-refractivity contribution in [3.8, 4) is 0 Å². The highest BCUT2D eigenvalue weighted by molar-refractivity contribution is 5.94. The molecule has 0 saturated carbocycles. The lowest BCUT2D eigenvalue weighted by Gasteiger charge is -2.11. The highest BCUT2D eigenvalue weighted by atomic mass is 19.1. The number of carbonyl (C=O) groups excluding carboxylic acids is 1. The number of nitrogens with two attached hydrogens (primary N) is 1. The van der Waals surface area contributed by atoms with E-state index in [0.29, 0.717) is 12.2 Å². The molecule has 3 N–H and O–H groups in total. The summed E-state index contributed by atoms with van der Waals surface area (Å²) in [6, 6.07) is 12.4. The zero-order valence-electron chi connectivity index (χ0n) is 11.3. The van der Waals surface area contributed by atoms with Crippen LogP contribution in [0.3, 0.4) is 0 Å². The van der Waals surface area contributed by atoms with E-state index in [4.69, 9.17) is 5.73 Å². The van der Waals surface area contributed by atoms with E-state index in [0.717, 1.165) is 6.42 Å². The average Bonchev–Trinajstić information content (AvgIpc) is 2.46. The third kappa shape index (κ3) is 3.15. The zero-order valence-corrected chi connectivity index (χ0v) is 11.3. The van der Waals surface area contributed by atoms with Crippen LogP contribution in [0, 0.1) is 5.82 Å². The molecule has 0 radical (unpaired) electrons. The summed E-state index contributed by atoms with van der Waals surface area (Å²) in [5, 5.41) is 3.18. The van der Waals surface area contributed by atoms with Crippen molar-refractivity contribution >= 4 is 11.6 Å². The van der Waals surface area contributed by atoms with Crippen molar-refractivity contribution in [1.82, 2.24) is 0 Å². The summed E-state index contributed by atoms with van der Waals surface area (Å²) >= 11 is 0. The molecule has 0 aliphatic heterocycles. The molecule has 3 nitrogen and oxygen atoms in total. The number of carbonyl (C=O) groups is 1. The lowest BCUT2D eigenvalue weighted by Crippen LogP contribution is -2.13. The molecule has 0 fully saturated rings. The van der Waals surface area contributed by atoms with Crippen molar-refractivity contribution < 1.29 is 9.18 Å². The summed E-state index contributed by atoms with van der Waals surface area (Å²) in [6.07, 6.45) is 0.952. The van der Waals surface area contributed by atoms with Gasteiger partial charge < -0.3 is 11.1 Å². The number of aryl methyl sites for hydroxylation is 1. The Hall–Kier alpha value is -2.36. The number of benzene rings is 2. The maximum atomic E-state index is 13.4. The van der Waals surface area contributed by atoms with E-state index in [-0.39, 0.29) is 5.56 Å². The van der Waals surface area contributed by atoms with E-state index < -0.39 is 11.7 Å². The van der Waals surface area contributed by atoms with Crippen LogP contribution in [0.5, 0.6) is 0 Å². The predicted octanol–water partition coefficient (Wildman–Crippen LogP) is 3.10. The van der Waals surface area contributed by atoms with Crippen LogP contribution in [0.2, 0.25) is 0 Å². The van der Waals surface area contributed by atoms with Crippen molar-refractivity contribution in [1.29, 1.82) is 0 Å². The van der Waals surface area contributed by atoms with Crippen LogP contribution >= 0.6 is 0 Å². The van der Waals surface area contributed by atoms with E-state index in [1.165, 1.54) is 23.3 Å². The smallest absolute Gasteiger partial charge is 0.251 e. The number of hydrogen-bond donors (Lipinski definition) is 2. The van der Waals surface area contributed by atoms with Gasteiger partial charge in [-0.05, 0) is 35.7 Å². The minimum atomic E-state index is -0.764. The highest BCUT2D eigenvalue weighted by Gasteiger charge is 2.09. The lowest BCUT2D eigenvalue weighted by molar-refractivity contribution is 0.0996. The van der Waals surface area contributed by atoms with Gasteiger partial charge in [-0.3, -0.25) is 4.79 Å². The number of anilines is 1. The average molecular weight is 272 g/mol. The Balaban J connectivity index is 2.15. The van der Waals surface area contributed by atoms with Crippen LogP contribution in [0.25, 0.3) is 0 Å². The number of primary amides is 1. The van der Waals surface area contributed by atoms with Gasteiger partial charge in [0.15, 0.2) is 0 Å². The van der Waals surface area contributed by atoms with E-state index in [1.807, 2.05) is 18.2 Å². The standard InChI is InChI=1S/C16H17FN2O/c1-2-11-5-3-4-6-12(11)10-19-13-7-8-15(17)14(9-13)16(18)20/h3-9,19H,2,10H2,1H3,(H2,18,20). The molecule has 0 spiro atoms. The first-order chi connectivity index (χ1) is 9.61. The molecule has 2 rings (SSSR count). The molecular weight excluding hydrogens is 255 g/mol. The second kappa shape index (κ2) is 6.19. The number of hydrogen-bond acceptors (Lipinski definition) is 2. The molecule has 4 heteroatoms. The topological polar surface area (TPSA) is 55.1 Å². The summed E-state index contributed by atoms with van der Waals surface area (Å²) in [5.74, 6) is -1.36. The van der Waals surface area contributed by atoms with Gasteiger partial charge in [0.25, 0.3) is 5.91 Å². The van der Waals surface area contributed by atoms with Gasteiger partial charge in [-0.15, -0.1) is 0 Å². The second-order valence-electron chi connectivity index (χ2n) is 4.53. The van der Waals surface area contributed by atoms with E-state index in [2.05, 4.69) is 18.3 Å². The van der Waals surface area contributed by atoms with Crippen LogP contribution < -0.4 is 11.1 Å². The summed E-state index contributed by atoms with van der Waals surface area (Å²) in [4.78, 5) is 11.1. The maximum absolute atomic E-state index is 13.4. The molecule has 0 unspecified atom stereocenters. The Labute approximate surface area is 117 Å². The van der Waals surface area contributed by atoms with Crippen molar-refractivity contribution in [2.45, 2.75) is 19.9 Å². The van der Waals surface area contributed by atoms with Gasteiger partial charge in [0.1, 0.15) is 5.82 Å². The van der Waals surface area contributed by atoms with Crippen LogP contribution in [0.15, 0.2) is 42.5 Å². The van der Waals surface area contributed by atoms with Crippen molar-refractivity contribution in [3.05, 3.63) is 65.0 Å². The fraction of sp³-hybridized carbons (Fsp3) is 0.188. The first-order valence-electron chi connectivity index (χ1n) is 6.51. The van der Waals surface area contributed by atoms with Crippen LogP contribution in [0.1, 0.15) is 28.4 Å². The number of nitrogens with one attached hydrogen (secondary N) is 1. The zero-order chi connectivity index (χ0) is 14.5. The molecule has 2 aromatic rings. The van der Waals surface area contributed by atoms with Crippen molar-refractivity contribution in [3.63, 3.8) is 0 Å². The Morgan fingerprint density at radius 3 is 2.55 bits per heavy atom. The van der Waals surface area contributed by atoms with Gasteiger partial charge >= 0.3 is 0 Å². The predicted molar refractivity (Wildman–Crippen MR) is 78.1 cm³/mol. The van der Waals surface area contributed by atoms with Gasteiger partial charge in [-0.2, -0.15) is 0 Å².